The van der Waals surface area contributed by atoms with E-state index in [1.807, 2.05) is 29.2 Å². The van der Waals surface area contributed by atoms with Gasteiger partial charge < -0.3 is 10.6 Å². The van der Waals surface area contributed by atoms with Crippen molar-refractivity contribution in [2.75, 3.05) is 19.6 Å². The summed E-state index contributed by atoms with van der Waals surface area (Å²) in [4.78, 5) is 4.68. The van der Waals surface area contributed by atoms with E-state index in [0.29, 0.717) is 5.92 Å². The van der Waals surface area contributed by atoms with Gasteiger partial charge >= 0.3 is 0 Å². The molecule has 1 aromatic heterocycles. The first-order valence-electron chi connectivity index (χ1n) is 8.31. The first kappa shape index (κ1) is 20.5. The highest BCUT2D eigenvalue weighted by Crippen LogP contribution is 2.01. The van der Waals surface area contributed by atoms with Crippen LogP contribution in [0, 0.1) is 5.92 Å². The lowest BCUT2D eigenvalue weighted by atomic mass is 10.1. The maximum atomic E-state index is 4.68. The molecular weight excluding hydrogens is 413 g/mol. The third kappa shape index (κ3) is 7.81. The third-order valence-corrected chi connectivity index (χ3v) is 3.51. The Balaban J connectivity index is 0.00000288. The van der Waals surface area contributed by atoms with Crippen molar-refractivity contribution in [3.63, 3.8) is 0 Å². The zero-order valence-corrected chi connectivity index (χ0v) is 16.8. The van der Waals surface area contributed by atoms with Crippen molar-refractivity contribution in [3.05, 3.63) is 54.4 Å². The van der Waals surface area contributed by atoms with E-state index in [4.69, 9.17) is 0 Å². The molecule has 1 unspecified atom stereocenters. The SMILES string of the molecule is CCNC(=NCC(C)Cn1cccn1)NCCc1ccccc1.I. The molecule has 0 aliphatic heterocycles. The molecule has 1 heterocycles. The predicted octanol–water partition coefficient (Wildman–Crippen LogP) is 2.94. The molecule has 0 spiro atoms. The number of halogens is 1. The van der Waals surface area contributed by atoms with Gasteiger partial charge in [-0.2, -0.15) is 5.10 Å². The number of benzene rings is 1. The minimum atomic E-state index is 0. The minimum Gasteiger partial charge on any atom is -0.357 e. The number of nitrogens with zero attached hydrogens (tertiary/aromatic N) is 3. The van der Waals surface area contributed by atoms with Gasteiger partial charge in [0, 0.05) is 38.6 Å². The average Bonchev–Trinajstić information content (AvgIpc) is 3.06. The zero-order chi connectivity index (χ0) is 16.3. The molecule has 6 heteroatoms. The van der Waals surface area contributed by atoms with Crippen molar-refractivity contribution in [2.24, 2.45) is 10.9 Å². The first-order valence-corrected chi connectivity index (χ1v) is 8.31. The van der Waals surface area contributed by atoms with Crippen LogP contribution in [0.4, 0.5) is 0 Å². The Bertz CT molecular complexity index is 568. The molecular formula is C18H28IN5. The fraction of sp³-hybridized carbons (Fsp3) is 0.444. The van der Waals surface area contributed by atoms with Gasteiger partial charge in [-0.3, -0.25) is 9.67 Å². The lowest BCUT2D eigenvalue weighted by Crippen LogP contribution is -2.38. The summed E-state index contributed by atoms with van der Waals surface area (Å²) in [5.41, 5.74) is 1.34. The van der Waals surface area contributed by atoms with Gasteiger partial charge in [0.05, 0.1) is 0 Å². The summed E-state index contributed by atoms with van der Waals surface area (Å²) in [6.07, 6.45) is 4.79. The molecule has 0 fully saturated rings. The van der Waals surface area contributed by atoms with Crippen LogP contribution in [-0.2, 0) is 13.0 Å². The molecule has 24 heavy (non-hydrogen) atoms. The maximum absolute atomic E-state index is 4.68. The Hall–Kier alpha value is -1.57. The number of rotatable bonds is 8. The van der Waals surface area contributed by atoms with Crippen LogP contribution in [0.25, 0.3) is 0 Å². The zero-order valence-electron chi connectivity index (χ0n) is 14.5. The number of hydrogen-bond donors (Lipinski definition) is 2. The van der Waals surface area contributed by atoms with Gasteiger partial charge in [0.15, 0.2) is 5.96 Å². The van der Waals surface area contributed by atoms with E-state index in [9.17, 15) is 0 Å². The van der Waals surface area contributed by atoms with E-state index >= 15 is 0 Å². The van der Waals surface area contributed by atoms with Crippen LogP contribution in [0.1, 0.15) is 19.4 Å². The molecule has 0 saturated carbocycles. The molecule has 2 N–H and O–H groups in total. The topological polar surface area (TPSA) is 54.2 Å². The second kappa shape index (κ2) is 11.9. The lowest BCUT2D eigenvalue weighted by molar-refractivity contribution is 0.458. The normalized spacial score (nSPS) is 12.3. The molecule has 2 aromatic rings. The van der Waals surface area contributed by atoms with E-state index in [1.165, 1.54) is 5.56 Å². The number of nitrogens with one attached hydrogen (secondary N) is 2. The molecule has 0 bridgehead atoms. The van der Waals surface area contributed by atoms with Gasteiger partial charge in [-0.05, 0) is 30.9 Å². The van der Waals surface area contributed by atoms with Crippen LogP contribution in [0.2, 0.25) is 0 Å². The molecule has 0 saturated heterocycles. The van der Waals surface area contributed by atoms with Crippen LogP contribution in [0.5, 0.6) is 0 Å². The highest BCUT2D eigenvalue weighted by Gasteiger charge is 2.04. The van der Waals surface area contributed by atoms with Gasteiger partial charge in [-0.1, -0.05) is 37.3 Å². The predicted molar refractivity (Wildman–Crippen MR) is 111 cm³/mol. The number of aliphatic imine (C=N–C) groups is 1. The highest BCUT2D eigenvalue weighted by atomic mass is 127. The fourth-order valence-corrected chi connectivity index (χ4v) is 2.34. The molecule has 5 nitrogen and oxygen atoms in total. The molecule has 0 aliphatic rings. The quantitative estimate of drug-likeness (QED) is 0.376. The van der Waals surface area contributed by atoms with Crippen molar-refractivity contribution in [2.45, 2.75) is 26.8 Å². The molecule has 0 radical (unpaired) electrons. The van der Waals surface area contributed by atoms with E-state index in [-0.39, 0.29) is 24.0 Å². The average molecular weight is 441 g/mol. The Morgan fingerprint density at radius 2 is 2.00 bits per heavy atom. The van der Waals surface area contributed by atoms with Gasteiger partial charge in [0.2, 0.25) is 0 Å². The lowest BCUT2D eigenvalue weighted by Gasteiger charge is -2.13. The van der Waals surface area contributed by atoms with Crippen molar-refractivity contribution < 1.29 is 0 Å². The summed E-state index contributed by atoms with van der Waals surface area (Å²) in [6, 6.07) is 12.4. The summed E-state index contributed by atoms with van der Waals surface area (Å²) in [5.74, 6) is 1.33. The number of guanidine groups is 1. The van der Waals surface area contributed by atoms with Crippen LogP contribution in [0.3, 0.4) is 0 Å². The summed E-state index contributed by atoms with van der Waals surface area (Å²) >= 11 is 0. The molecule has 0 amide bonds. The largest absolute Gasteiger partial charge is 0.357 e. The van der Waals surface area contributed by atoms with Gasteiger partial charge in [-0.15, -0.1) is 24.0 Å². The second-order valence-corrected chi connectivity index (χ2v) is 5.72. The second-order valence-electron chi connectivity index (χ2n) is 5.72. The summed E-state index contributed by atoms with van der Waals surface area (Å²) < 4.78 is 1.95. The van der Waals surface area contributed by atoms with E-state index in [0.717, 1.165) is 38.6 Å². The van der Waals surface area contributed by atoms with Crippen molar-refractivity contribution in [1.29, 1.82) is 0 Å². The first-order chi connectivity index (χ1) is 11.3. The van der Waals surface area contributed by atoms with Crippen LogP contribution >= 0.6 is 24.0 Å². The Kier molecular flexibility index (Phi) is 10.1. The van der Waals surface area contributed by atoms with E-state index in [2.05, 4.69) is 58.8 Å². The van der Waals surface area contributed by atoms with Gasteiger partial charge in [0.25, 0.3) is 0 Å². The molecule has 1 aromatic carbocycles. The summed E-state index contributed by atoms with van der Waals surface area (Å²) in [5, 5.41) is 10.9. The Morgan fingerprint density at radius 3 is 2.67 bits per heavy atom. The number of aromatic nitrogens is 2. The fourth-order valence-electron chi connectivity index (χ4n) is 2.34. The minimum absolute atomic E-state index is 0. The monoisotopic (exact) mass is 441 g/mol. The summed E-state index contributed by atoms with van der Waals surface area (Å²) in [6.45, 7) is 7.69. The van der Waals surface area contributed by atoms with Crippen LogP contribution in [0.15, 0.2) is 53.8 Å². The summed E-state index contributed by atoms with van der Waals surface area (Å²) in [7, 11) is 0. The van der Waals surface area contributed by atoms with Crippen molar-refractivity contribution in [3.8, 4) is 0 Å². The van der Waals surface area contributed by atoms with Gasteiger partial charge in [-0.25, -0.2) is 0 Å². The molecule has 132 valence electrons. The smallest absolute Gasteiger partial charge is 0.191 e. The number of hydrogen-bond acceptors (Lipinski definition) is 2. The van der Waals surface area contributed by atoms with Crippen LogP contribution < -0.4 is 10.6 Å². The van der Waals surface area contributed by atoms with Crippen LogP contribution in [-0.4, -0.2) is 35.4 Å². The molecule has 1 atom stereocenters. The van der Waals surface area contributed by atoms with Gasteiger partial charge in [0.1, 0.15) is 0 Å². The Morgan fingerprint density at radius 1 is 1.21 bits per heavy atom. The maximum Gasteiger partial charge on any atom is 0.191 e. The van der Waals surface area contributed by atoms with Crippen molar-refractivity contribution in [1.82, 2.24) is 20.4 Å². The Labute approximate surface area is 162 Å². The highest BCUT2D eigenvalue weighted by molar-refractivity contribution is 14.0. The van der Waals surface area contributed by atoms with Crippen molar-refractivity contribution >= 4 is 29.9 Å². The molecule has 0 aliphatic carbocycles. The van der Waals surface area contributed by atoms with E-state index < -0.39 is 0 Å². The molecule has 2 rings (SSSR count). The standard InChI is InChI=1S/C18H27N5.HI/c1-3-19-18(20-12-10-17-8-5-4-6-9-17)21-14-16(2)15-23-13-7-11-22-23;/h4-9,11,13,16H,3,10,12,14-15H2,1-2H3,(H2,19,20,21);1H. The van der Waals surface area contributed by atoms with E-state index in [1.54, 1.807) is 0 Å². The third-order valence-electron chi connectivity index (χ3n) is 3.51.